The molecule has 0 spiro atoms. The first-order valence-electron chi connectivity index (χ1n) is 6.59. The quantitative estimate of drug-likeness (QED) is 0.642. The summed E-state index contributed by atoms with van der Waals surface area (Å²) in [6.07, 6.45) is 5.30. The highest BCUT2D eigenvalue weighted by atomic mass is 16.6. The molecule has 2 unspecified atom stereocenters. The van der Waals surface area contributed by atoms with Crippen LogP contribution in [-0.2, 0) is 11.3 Å². The number of hydrogen-bond acceptors (Lipinski definition) is 5. The van der Waals surface area contributed by atoms with Crippen molar-refractivity contribution >= 4 is 11.6 Å². The second kappa shape index (κ2) is 6.00. The molecule has 0 aliphatic heterocycles. The molecule has 1 aromatic heterocycles. The van der Waals surface area contributed by atoms with Crippen LogP contribution in [0.1, 0.15) is 25.7 Å². The van der Waals surface area contributed by atoms with E-state index in [1.54, 1.807) is 7.05 Å². The fourth-order valence-corrected chi connectivity index (χ4v) is 2.51. The molecule has 0 aromatic carbocycles. The van der Waals surface area contributed by atoms with Crippen molar-refractivity contribution in [3.05, 3.63) is 22.5 Å². The Hall–Kier alpha value is -1.96. The number of carbonyl (C=O) groups excluding carboxylic acids is 1. The Labute approximate surface area is 116 Å². The molecule has 1 heterocycles. The molecule has 2 atom stereocenters. The Kier molecular flexibility index (Phi) is 4.33. The zero-order chi connectivity index (χ0) is 14.7. The van der Waals surface area contributed by atoms with E-state index in [-0.39, 0.29) is 24.2 Å². The van der Waals surface area contributed by atoms with E-state index >= 15 is 0 Å². The van der Waals surface area contributed by atoms with Gasteiger partial charge in [-0.15, -0.1) is 0 Å². The third kappa shape index (κ3) is 3.13. The molecule has 0 bridgehead atoms. The Balaban J connectivity index is 1.97. The van der Waals surface area contributed by atoms with Gasteiger partial charge in [0.05, 0.1) is 17.1 Å². The summed E-state index contributed by atoms with van der Waals surface area (Å²) in [6, 6.07) is -0.179. The molecule has 1 aliphatic carbocycles. The molecule has 0 saturated heterocycles. The molecule has 1 amide bonds. The number of aliphatic hydroxyl groups excluding tert-OH is 1. The summed E-state index contributed by atoms with van der Waals surface area (Å²) >= 11 is 0. The van der Waals surface area contributed by atoms with Gasteiger partial charge < -0.3 is 10.0 Å². The van der Waals surface area contributed by atoms with E-state index < -0.39 is 11.0 Å². The first kappa shape index (κ1) is 14.4. The van der Waals surface area contributed by atoms with Gasteiger partial charge in [0.25, 0.3) is 0 Å². The molecule has 20 heavy (non-hydrogen) atoms. The van der Waals surface area contributed by atoms with Gasteiger partial charge in [-0.25, -0.2) is 0 Å². The molecule has 1 aliphatic rings. The lowest BCUT2D eigenvalue weighted by molar-refractivity contribution is -0.385. The van der Waals surface area contributed by atoms with Crippen molar-refractivity contribution < 1.29 is 14.8 Å². The van der Waals surface area contributed by atoms with E-state index in [1.807, 2.05) is 0 Å². The van der Waals surface area contributed by atoms with Crippen LogP contribution in [0.2, 0.25) is 0 Å². The molecule has 1 fully saturated rings. The van der Waals surface area contributed by atoms with Gasteiger partial charge in [-0.1, -0.05) is 12.8 Å². The molecule has 8 heteroatoms. The van der Waals surface area contributed by atoms with Gasteiger partial charge in [0, 0.05) is 7.05 Å². The van der Waals surface area contributed by atoms with E-state index in [0.717, 1.165) is 25.5 Å². The molecular weight excluding hydrogens is 264 g/mol. The number of nitro groups is 1. The van der Waals surface area contributed by atoms with Crippen LogP contribution in [0.15, 0.2) is 12.4 Å². The summed E-state index contributed by atoms with van der Waals surface area (Å²) in [6.45, 7) is -0.0619. The topological polar surface area (TPSA) is 102 Å². The molecule has 110 valence electrons. The normalized spacial score (nSPS) is 22.5. The van der Waals surface area contributed by atoms with E-state index in [4.69, 9.17) is 0 Å². The average Bonchev–Trinajstić information content (AvgIpc) is 2.87. The van der Waals surface area contributed by atoms with Gasteiger partial charge in [-0.3, -0.25) is 19.6 Å². The van der Waals surface area contributed by atoms with E-state index in [0.29, 0.717) is 6.42 Å². The van der Waals surface area contributed by atoms with Crippen LogP contribution in [0, 0.1) is 10.1 Å². The summed E-state index contributed by atoms with van der Waals surface area (Å²) in [5.41, 5.74) is -0.141. The molecule has 0 radical (unpaired) electrons. The van der Waals surface area contributed by atoms with Crippen molar-refractivity contribution in [2.24, 2.45) is 0 Å². The molecule has 8 nitrogen and oxygen atoms in total. The molecule has 2 rings (SSSR count). The number of hydrogen-bond donors (Lipinski definition) is 1. The summed E-state index contributed by atoms with van der Waals surface area (Å²) in [4.78, 5) is 23.6. The maximum absolute atomic E-state index is 12.1. The number of likely N-dealkylation sites (N-methyl/N-ethyl adjacent to an activating group) is 1. The van der Waals surface area contributed by atoms with E-state index in [1.165, 1.54) is 15.8 Å². The second-order valence-corrected chi connectivity index (χ2v) is 5.08. The maximum atomic E-state index is 12.1. The smallest absolute Gasteiger partial charge is 0.307 e. The summed E-state index contributed by atoms with van der Waals surface area (Å²) in [5, 5.41) is 24.3. The van der Waals surface area contributed by atoms with E-state index in [9.17, 15) is 20.0 Å². The van der Waals surface area contributed by atoms with Crippen molar-refractivity contribution in [3.8, 4) is 0 Å². The average molecular weight is 282 g/mol. The number of carbonyl (C=O) groups is 1. The maximum Gasteiger partial charge on any atom is 0.307 e. The third-order valence-electron chi connectivity index (χ3n) is 3.71. The SMILES string of the molecule is CN(C(=O)Cn1cc([N+](=O)[O-])cn1)C1CCCCC1O. The van der Waals surface area contributed by atoms with Crippen LogP contribution < -0.4 is 0 Å². The highest BCUT2D eigenvalue weighted by molar-refractivity contribution is 5.76. The lowest BCUT2D eigenvalue weighted by Gasteiger charge is -2.35. The Bertz CT molecular complexity index is 501. The van der Waals surface area contributed by atoms with Crippen molar-refractivity contribution in [2.45, 2.75) is 44.4 Å². The van der Waals surface area contributed by atoms with Gasteiger partial charge in [-0.2, -0.15) is 5.10 Å². The number of amides is 1. The fourth-order valence-electron chi connectivity index (χ4n) is 2.51. The van der Waals surface area contributed by atoms with Crippen molar-refractivity contribution in [1.82, 2.24) is 14.7 Å². The van der Waals surface area contributed by atoms with Crippen LogP contribution in [-0.4, -0.2) is 49.8 Å². The highest BCUT2D eigenvalue weighted by Crippen LogP contribution is 2.22. The summed E-state index contributed by atoms with van der Waals surface area (Å²) < 4.78 is 1.24. The van der Waals surface area contributed by atoms with Gasteiger partial charge in [0.1, 0.15) is 18.9 Å². The minimum absolute atomic E-state index is 0.0619. The number of nitrogens with zero attached hydrogens (tertiary/aromatic N) is 4. The van der Waals surface area contributed by atoms with Crippen LogP contribution in [0.4, 0.5) is 5.69 Å². The zero-order valence-electron chi connectivity index (χ0n) is 11.3. The predicted octanol–water partition coefficient (Wildman–Crippen LogP) is 0.553. The molecule has 1 aromatic rings. The molecule has 1 saturated carbocycles. The first-order chi connectivity index (χ1) is 9.49. The Morgan fingerprint density at radius 1 is 1.60 bits per heavy atom. The molecule has 1 N–H and O–H groups in total. The lowest BCUT2D eigenvalue weighted by atomic mass is 9.91. The fraction of sp³-hybridized carbons (Fsp3) is 0.667. The highest BCUT2D eigenvalue weighted by Gasteiger charge is 2.29. The number of aliphatic hydroxyl groups is 1. The minimum atomic E-state index is -0.553. The summed E-state index contributed by atoms with van der Waals surface area (Å²) in [7, 11) is 1.65. The van der Waals surface area contributed by atoms with Crippen molar-refractivity contribution in [3.63, 3.8) is 0 Å². The van der Waals surface area contributed by atoms with Crippen LogP contribution >= 0.6 is 0 Å². The minimum Gasteiger partial charge on any atom is -0.391 e. The largest absolute Gasteiger partial charge is 0.391 e. The summed E-state index contributed by atoms with van der Waals surface area (Å²) in [5.74, 6) is -0.214. The predicted molar refractivity (Wildman–Crippen MR) is 69.9 cm³/mol. The second-order valence-electron chi connectivity index (χ2n) is 5.08. The first-order valence-corrected chi connectivity index (χ1v) is 6.59. The van der Waals surface area contributed by atoms with Crippen LogP contribution in [0.3, 0.4) is 0 Å². The third-order valence-corrected chi connectivity index (χ3v) is 3.71. The zero-order valence-corrected chi connectivity index (χ0v) is 11.3. The van der Waals surface area contributed by atoms with Crippen molar-refractivity contribution in [2.75, 3.05) is 7.05 Å². The van der Waals surface area contributed by atoms with Gasteiger partial charge in [-0.05, 0) is 12.8 Å². The monoisotopic (exact) mass is 282 g/mol. The van der Waals surface area contributed by atoms with E-state index in [2.05, 4.69) is 5.10 Å². The molecular formula is C12H18N4O4. The number of aromatic nitrogens is 2. The Morgan fingerprint density at radius 3 is 2.90 bits per heavy atom. The van der Waals surface area contributed by atoms with Crippen LogP contribution in [0.5, 0.6) is 0 Å². The van der Waals surface area contributed by atoms with Gasteiger partial charge in [0.15, 0.2) is 0 Å². The Morgan fingerprint density at radius 2 is 2.30 bits per heavy atom. The number of rotatable bonds is 4. The standard InChI is InChI=1S/C12H18N4O4/c1-14(10-4-2-3-5-11(10)17)12(18)8-15-7-9(6-13-15)16(19)20/h6-7,10-11,17H,2-5,8H2,1H3. The lowest BCUT2D eigenvalue weighted by Crippen LogP contribution is -2.47. The van der Waals surface area contributed by atoms with Crippen molar-refractivity contribution in [1.29, 1.82) is 0 Å². The van der Waals surface area contributed by atoms with Gasteiger partial charge >= 0.3 is 5.69 Å². The van der Waals surface area contributed by atoms with Crippen LogP contribution in [0.25, 0.3) is 0 Å². The van der Waals surface area contributed by atoms with Gasteiger partial charge in [0.2, 0.25) is 5.91 Å².